The molecule has 182 valence electrons. The van der Waals surface area contributed by atoms with Crippen molar-refractivity contribution in [1.82, 2.24) is 10.0 Å². The summed E-state index contributed by atoms with van der Waals surface area (Å²) >= 11 is 0. The molecule has 2 N–H and O–H groups in total. The lowest BCUT2D eigenvalue weighted by molar-refractivity contribution is -0.384. The Morgan fingerprint density at radius 3 is 2.29 bits per heavy atom. The third-order valence-electron chi connectivity index (χ3n) is 4.49. The van der Waals surface area contributed by atoms with Crippen molar-refractivity contribution in [1.29, 1.82) is 0 Å². The second-order valence-corrected chi connectivity index (χ2v) is 9.02. The molecule has 2 aromatic carbocycles. The molecule has 0 fully saturated rings. The number of amides is 2. The molecule has 2 amide bonds. The van der Waals surface area contributed by atoms with E-state index in [0.717, 1.165) is 6.07 Å². The van der Waals surface area contributed by atoms with E-state index in [1.807, 2.05) is 5.32 Å². The fourth-order valence-corrected chi connectivity index (χ4v) is 4.00. The Kier molecular flexibility index (Phi) is 8.81. The van der Waals surface area contributed by atoms with Gasteiger partial charge in [-0.05, 0) is 36.2 Å². The van der Waals surface area contributed by atoms with Crippen LogP contribution < -0.4 is 14.8 Å². The SMILES string of the molecule is COc1ccc(S(=O)(=O)N[C@H](C(=O)OCC(=O)NC(=O)c2cccc([N+](=O)[O-])c2)C(C)C)cc1. The maximum absolute atomic E-state index is 12.6. The van der Waals surface area contributed by atoms with Gasteiger partial charge in [0.25, 0.3) is 17.5 Å². The van der Waals surface area contributed by atoms with Gasteiger partial charge in [0.2, 0.25) is 10.0 Å². The molecule has 1 atom stereocenters. The van der Waals surface area contributed by atoms with E-state index in [1.165, 1.54) is 49.6 Å². The maximum Gasteiger partial charge on any atom is 0.324 e. The van der Waals surface area contributed by atoms with Gasteiger partial charge in [-0.2, -0.15) is 4.72 Å². The lowest BCUT2D eigenvalue weighted by Gasteiger charge is -2.20. The first-order chi connectivity index (χ1) is 15.9. The van der Waals surface area contributed by atoms with Gasteiger partial charge in [0.05, 0.1) is 16.9 Å². The highest BCUT2D eigenvalue weighted by atomic mass is 32.2. The fourth-order valence-electron chi connectivity index (χ4n) is 2.67. The summed E-state index contributed by atoms with van der Waals surface area (Å²) in [5.74, 6) is -3.03. The Balaban J connectivity index is 2.00. The van der Waals surface area contributed by atoms with Crippen LogP contribution in [-0.4, -0.2) is 50.9 Å². The molecule has 34 heavy (non-hydrogen) atoms. The summed E-state index contributed by atoms with van der Waals surface area (Å²) in [5, 5.41) is 12.8. The van der Waals surface area contributed by atoms with Crippen LogP contribution in [0.3, 0.4) is 0 Å². The van der Waals surface area contributed by atoms with Crippen LogP contribution in [-0.2, 0) is 24.3 Å². The second kappa shape index (κ2) is 11.3. The van der Waals surface area contributed by atoms with Crippen molar-refractivity contribution >= 4 is 33.5 Å². The predicted octanol–water partition coefficient (Wildman–Crippen LogP) is 1.41. The van der Waals surface area contributed by atoms with Gasteiger partial charge in [0.1, 0.15) is 11.8 Å². The molecule has 0 aliphatic heterocycles. The summed E-state index contributed by atoms with van der Waals surface area (Å²) in [6, 6.07) is 8.89. The zero-order valence-electron chi connectivity index (χ0n) is 18.5. The second-order valence-electron chi connectivity index (χ2n) is 7.31. The molecule has 0 spiro atoms. The zero-order chi connectivity index (χ0) is 25.5. The van der Waals surface area contributed by atoms with Crippen molar-refractivity contribution in [3.8, 4) is 5.75 Å². The van der Waals surface area contributed by atoms with Crippen molar-refractivity contribution in [2.24, 2.45) is 5.92 Å². The summed E-state index contributed by atoms with van der Waals surface area (Å²) in [4.78, 5) is 46.6. The quantitative estimate of drug-likeness (QED) is 0.282. The van der Waals surface area contributed by atoms with Crippen LogP contribution in [0.4, 0.5) is 5.69 Å². The normalized spacial score (nSPS) is 12.0. The molecule has 0 saturated carbocycles. The summed E-state index contributed by atoms with van der Waals surface area (Å²) in [7, 11) is -2.66. The largest absolute Gasteiger partial charge is 0.497 e. The number of nitrogens with one attached hydrogen (secondary N) is 2. The van der Waals surface area contributed by atoms with E-state index < -0.39 is 51.3 Å². The fraction of sp³-hybridized carbons (Fsp3) is 0.286. The minimum atomic E-state index is -4.10. The minimum Gasteiger partial charge on any atom is -0.497 e. The van der Waals surface area contributed by atoms with Gasteiger partial charge in [-0.1, -0.05) is 19.9 Å². The predicted molar refractivity (Wildman–Crippen MR) is 118 cm³/mol. The number of hydrogen-bond donors (Lipinski definition) is 2. The van der Waals surface area contributed by atoms with E-state index in [1.54, 1.807) is 13.8 Å². The molecule has 0 unspecified atom stereocenters. The first kappa shape index (κ1) is 26.4. The molecule has 2 rings (SSSR count). The number of nitro benzene ring substituents is 1. The number of nitrogens with zero attached hydrogens (tertiary/aromatic N) is 1. The van der Waals surface area contributed by atoms with Gasteiger partial charge < -0.3 is 9.47 Å². The number of hydrogen-bond acceptors (Lipinski definition) is 9. The van der Waals surface area contributed by atoms with Crippen LogP contribution >= 0.6 is 0 Å². The molecule has 0 bridgehead atoms. The van der Waals surface area contributed by atoms with E-state index in [9.17, 15) is 32.9 Å². The molecule has 2 aromatic rings. The number of rotatable bonds is 10. The Morgan fingerprint density at radius 1 is 1.09 bits per heavy atom. The first-order valence-electron chi connectivity index (χ1n) is 9.86. The molecule has 0 heterocycles. The number of non-ortho nitro benzene ring substituents is 1. The highest BCUT2D eigenvalue weighted by Gasteiger charge is 2.30. The van der Waals surface area contributed by atoms with E-state index in [-0.39, 0.29) is 16.1 Å². The zero-order valence-corrected chi connectivity index (χ0v) is 19.3. The average Bonchev–Trinajstić information content (AvgIpc) is 2.80. The number of nitro groups is 1. The highest BCUT2D eigenvalue weighted by molar-refractivity contribution is 7.89. The molecule has 0 aliphatic rings. The Bertz CT molecular complexity index is 1180. The van der Waals surface area contributed by atoms with Crippen molar-refractivity contribution in [3.63, 3.8) is 0 Å². The van der Waals surface area contributed by atoms with Crippen LogP contribution in [0.5, 0.6) is 5.75 Å². The number of sulfonamides is 1. The number of benzene rings is 2. The first-order valence-corrected chi connectivity index (χ1v) is 11.3. The average molecular weight is 493 g/mol. The number of esters is 1. The van der Waals surface area contributed by atoms with Gasteiger partial charge in [-0.25, -0.2) is 8.42 Å². The standard InChI is InChI=1S/C21H23N3O9S/c1-13(2)19(23-34(30,31)17-9-7-16(32-3)8-10-17)21(27)33-12-18(25)22-20(26)14-5-4-6-15(11-14)24(28)29/h4-11,13,19,23H,12H2,1-3H3,(H,22,25,26)/t19-/m0/s1. The van der Waals surface area contributed by atoms with E-state index in [4.69, 9.17) is 9.47 Å². The summed E-state index contributed by atoms with van der Waals surface area (Å²) in [6.45, 7) is 2.29. The number of imide groups is 1. The van der Waals surface area contributed by atoms with Crippen LogP contribution in [0.25, 0.3) is 0 Å². The smallest absolute Gasteiger partial charge is 0.324 e. The van der Waals surface area contributed by atoms with E-state index in [2.05, 4.69) is 4.72 Å². The molecule has 12 nitrogen and oxygen atoms in total. The van der Waals surface area contributed by atoms with E-state index in [0.29, 0.717) is 5.75 Å². The van der Waals surface area contributed by atoms with Gasteiger partial charge in [0.15, 0.2) is 6.61 Å². The molecular weight excluding hydrogens is 470 g/mol. The molecular formula is C21H23N3O9S. The van der Waals surface area contributed by atoms with Crippen molar-refractivity contribution in [3.05, 3.63) is 64.2 Å². The van der Waals surface area contributed by atoms with Crippen LogP contribution in [0.1, 0.15) is 24.2 Å². The lowest BCUT2D eigenvalue weighted by atomic mass is 10.1. The summed E-state index contributed by atoms with van der Waals surface area (Å²) < 4.78 is 37.4. The van der Waals surface area contributed by atoms with Crippen LogP contribution in [0.15, 0.2) is 53.4 Å². The highest BCUT2D eigenvalue weighted by Crippen LogP contribution is 2.17. The summed E-state index contributed by atoms with van der Waals surface area (Å²) in [6.07, 6.45) is 0. The Labute approximate surface area is 195 Å². The Morgan fingerprint density at radius 2 is 1.74 bits per heavy atom. The topological polar surface area (TPSA) is 171 Å². The minimum absolute atomic E-state index is 0.105. The van der Waals surface area contributed by atoms with Crippen LogP contribution in [0, 0.1) is 16.0 Å². The lowest BCUT2D eigenvalue weighted by Crippen LogP contribution is -2.46. The number of carbonyl (C=O) groups excluding carboxylic acids is 3. The third kappa shape index (κ3) is 7.08. The van der Waals surface area contributed by atoms with Gasteiger partial charge in [-0.3, -0.25) is 29.8 Å². The van der Waals surface area contributed by atoms with Gasteiger partial charge >= 0.3 is 5.97 Å². The molecule has 13 heteroatoms. The van der Waals surface area contributed by atoms with Crippen molar-refractivity contribution < 1.29 is 37.2 Å². The molecule has 0 saturated heterocycles. The molecule has 0 aliphatic carbocycles. The number of carbonyl (C=O) groups is 3. The van der Waals surface area contributed by atoms with Gasteiger partial charge in [0, 0.05) is 17.7 Å². The van der Waals surface area contributed by atoms with Crippen molar-refractivity contribution in [2.75, 3.05) is 13.7 Å². The van der Waals surface area contributed by atoms with E-state index >= 15 is 0 Å². The van der Waals surface area contributed by atoms with Gasteiger partial charge in [-0.15, -0.1) is 0 Å². The van der Waals surface area contributed by atoms with Crippen molar-refractivity contribution in [2.45, 2.75) is 24.8 Å². The maximum atomic E-state index is 12.6. The summed E-state index contributed by atoms with van der Waals surface area (Å²) in [5.41, 5.74) is -0.475. The monoisotopic (exact) mass is 493 g/mol. The third-order valence-corrected chi connectivity index (χ3v) is 5.95. The number of methoxy groups -OCH3 is 1. The Hall–Kier alpha value is -3.84. The molecule has 0 aromatic heterocycles. The van der Waals surface area contributed by atoms with Crippen LogP contribution in [0.2, 0.25) is 0 Å². The number of ether oxygens (including phenoxy) is 2. The molecule has 0 radical (unpaired) electrons.